The van der Waals surface area contributed by atoms with E-state index in [1.165, 1.54) is 11.0 Å². The number of aryl methyl sites for hydroxylation is 1. The molecule has 6 nitrogen and oxygen atoms in total. The fraction of sp³-hybridized carbons (Fsp3) is 0.125. The minimum Gasteiger partial charge on any atom is -0.326 e. The quantitative estimate of drug-likeness (QED) is 0.800. The van der Waals surface area contributed by atoms with Crippen LogP contribution < -0.4 is 5.32 Å². The van der Waals surface area contributed by atoms with E-state index >= 15 is 0 Å². The first-order valence-electron chi connectivity index (χ1n) is 6.90. The van der Waals surface area contributed by atoms with E-state index < -0.39 is 0 Å². The normalized spacial score (nSPS) is 10.4. The maximum atomic E-state index is 12.2. The molecule has 0 bridgehead atoms. The fourth-order valence-corrected chi connectivity index (χ4v) is 2.19. The molecule has 0 aliphatic carbocycles. The van der Waals surface area contributed by atoms with Crippen LogP contribution in [0.15, 0.2) is 54.9 Å². The predicted octanol–water partition coefficient (Wildman–Crippen LogP) is 2.15. The van der Waals surface area contributed by atoms with E-state index in [9.17, 15) is 4.79 Å². The first kappa shape index (κ1) is 13.9. The van der Waals surface area contributed by atoms with Crippen LogP contribution in [0.1, 0.15) is 11.1 Å². The highest BCUT2D eigenvalue weighted by molar-refractivity contribution is 5.92. The lowest BCUT2D eigenvalue weighted by atomic mass is 10.1. The number of hydrogen-bond acceptors (Lipinski definition) is 4. The summed E-state index contributed by atoms with van der Waals surface area (Å²) in [4.78, 5) is 12.2. The topological polar surface area (TPSA) is 72.7 Å². The van der Waals surface area contributed by atoms with E-state index in [0.717, 1.165) is 16.8 Å². The second-order valence-electron chi connectivity index (χ2n) is 4.96. The molecule has 0 fully saturated rings. The Morgan fingerprint density at radius 3 is 2.82 bits per heavy atom. The van der Waals surface area contributed by atoms with Gasteiger partial charge in [0.1, 0.15) is 6.33 Å². The van der Waals surface area contributed by atoms with E-state index in [2.05, 4.69) is 20.8 Å². The lowest BCUT2D eigenvalue weighted by Gasteiger charge is -2.08. The number of carbonyl (C=O) groups excluding carboxylic acids is 1. The second kappa shape index (κ2) is 6.17. The van der Waals surface area contributed by atoms with Gasteiger partial charge in [-0.2, -0.15) is 0 Å². The largest absolute Gasteiger partial charge is 0.326 e. The number of hydrogen-bond donors (Lipinski definition) is 1. The highest BCUT2D eigenvalue weighted by atomic mass is 16.1. The summed E-state index contributed by atoms with van der Waals surface area (Å²) in [6, 6.07) is 15.2. The third-order valence-electron chi connectivity index (χ3n) is 3.36. The zero-order valence-corrected chi connectivity index (χ0v) is 12.1. The van der Waals surface area contributed by atoms with Crippen molar-refractivity contribution in [3.8, 4) is 5.69 Å². The van der Waals surface area contributed by atoms with Gasteiger partial charge < -0.3 is 5.32 Å². The fourth-order valence-electron chi connectivity index (χ4n) is 2.19. The van der Waals surface area contributed by atoms with Crippen molar-refractivity contribution < 1.29 is 4.79 Å². The second-order valence-corrected chi connectivity index (χ2v) is 4.96. The number of amides is 1. The molecule has 0 radical (unpaired) electrons. The van der Waals surface area contributed by atoms with E-state index in [1.54, 1.807) is 0 Å². The van der Waals surface area contributed by atoms with Crippen LogP contribution in [0.2, 0.25) is 0 Å². The van der Waals surface area contributed by atoms with Crippen molar-refractivity contribution in [2.75, 3.05) is 5.32 Å². The molecule has 1 amide bonds. The molecule has 2 aromatic carbocycles. The average Bonchev–Trinajstić information content (AvgIpc) is 3.04. The monoisotopic (exact) mass is 293 g/mol. The molecule has 0 saturated carbocycles. The van der Waals surface area contributed by atoms with Crippen molar-refractivity contribution in [1.82, 2.24) is 20.2 Å². The van der Waals surface area contributed by atoms with Crippen LogP contribution >= 0.6 is 0 Å². The number of rotatable bonds is 4. The highest BCUT2D eigenvalue weighted by Crippen LogP contribution is 2.14. The summed E-state index contributed by atoms with van der Waals surface area (Å²) < 4.78 is 1.54. The van der Waals surface area contributed by atoms with Crippen LogP contribution in [0.4, 0.5) is 5.69 Å². The molecule has 6 heteroatoms. The molecule has 0 saturated heterocycles. The number of carbonyl (C=O) groups is 1. The first-order chi connectivity index (χ1) is 10.7. The summed E-state index contributed by atoms with van der Waals surface area (Å²) in [5.41, 5.74) is 3.64. The Morgan fingerprint density at radius 1 is 1.18 bits per heavy atom. The van der Waals surface area contributed by atoms with Crippen LogP contribution in [0.3, 0.4) is 0 Å². The number of aromatic nitrogens is 4. The Morgan fingerprint density at radius 2 is 2.05 bits per heavy atom. The molecule has 1 heterocycles. The SMILES string of the molecule is Cc1ccccc1CC(=O)Nc1cccc(-n2cnnn2)c1. The van der Waals surface area contributed by atoms with Crippen molar-refractivity contribution in [2.45, 2.75) is 13.3 Å². The van der Waals surface area contributed by atoms with Gasteiger partial charge in [-0.25, -0.2) is 4.68 Å². The smallest absolute Gasteiger partial charge is 0.228 e. The first-order valence-corrected chi connectivity index (χ1v) is 6.90. The summed E-state index contributed by atoms with van der Waals surface area (Å²) in [7, 11) is 0. The maximum absolute atomic E-state index is 12.2. The molecule has 0 aliphatic heterocycles. The van der Waals surface area contributed by atoms with Gasteiger partial charge in [0, 0.05) is 5.69 Å². The number of nitrogens with one attached hydrogen (secondary N) is 1. The molecule has 3 aromatic rings. The van der Waals surface area contributed by atoms with Gasteiger partial charge in [0.2, 0.25) is 5.91 Å². The summed E-state index contributed by atoms with van der Waals surface area (Å²) in [6.45, 7) is 2.00. The van der Waals surface area contributed by atoms with Gasteiger partial charge in [-0.05, 0) is 46.7 Å². The van der Waals surface area contributed by atoms with Crippen molar-refractivity contribution in [3.63, 3.8) is 0 Å². The molecule has 0 spiro atoms. The number of nitrogens with zero attached hydrogens (tertiary/aromatic N) is 4. The minimum atomic E-state index is -0.0526. The Balaban J connectivity index is 1.72. The number of anilines is 1. The Kier molecular flexibility index (Phi) is 3.91. The molecular formula is C16H15N5O. The highest BCUT2D eigenvalue weighted by Gasteiger charge is 2.07. The van der Waals surface area contributed by atoms with Gasteiger partial charge >= 0.3 is 0 Å². The minimum absolute atomic E-state index is 0.0526. The van der Waals surface area contributed by atoms with Crippen LogP contribution in [0.25, 0.3) is 5.69 Å². The molecule has 1 aromatic heterocycles. The lowest BCUT2D eigenvalue weighted by Crippen LogP contribution is -2.15. The molecule has 3 rings (SSSR count). The van der Waals surface area contributed by atoms with Crippen LogP contribution in [-0.2, 0) is 11.2 Å². The Labute approximate surface area is 127 Å². The Bertz CT molecular complexity index is 783. The molecular weight excluding hydrogens is 278 g/mol. The average molecular weight is 293 g/mol. The van der Waals surface area contributed by atoms with E-state index in [-0.39, 0.29) is 5.91 Å². The van der Waals surface area contributed by atoms with E-state index in [1.807, 2.05) is 55.5 Å². The van der Waals surface area contributed by atoms with Crippen molar-refractivity contribution in [3.05, 3.63) is 66.0 Å². The third kappa shape index (κ3) is 3.17. The van der Waals surface area contributed by atoms with Crippen molar-refractivity contribution in [2.24, 2.45) is 0 Å². The molecule has 0 atom stereocenters. The van der Waals surface area contributed by atoms with E-state index in [0.29, 0.717) is 12.1 Å². The van der Waals surface area contributed by atoms with Crippen LogP contribution in [-0.4, -0.2) is 26.1 Å². The van der Waals surface area contributed by atoms with Crippen molar-refractivity contribution >= 4 is 11.6 Å². The molecule has 0 aliphatic rings. The van der Waals surface area contributed by atoms with E-state index in [4.69, 9.17) is 0 Å². The molecule has 1 N–H and O–H groups in total. The van der Waals surface area contributed by atoms with Gasteiger partial charge in [-0.15, -0.1) is 5.10 Å². The maximum Gasteiger partial charge on any atom is 0.228 e. The predicted molar refractivity (Wildman–Crippen MR) is 82.7 cm³/mol. The van der Waals surface area contributed by atoms with Crippen LogP contribution in [0.5, 0.6) is 0 Å². The molecule has 22 heavy (non-hydrogen) atoms. The number of tetrazole rings is 1. The van der Waals surface area contributed by atoms with Gasteiger partial charge in [-0.1, -0.05) is 30.3 Å². The molecule has 110 valence electrons. The lowest BCUT2D eigenvalue weighted by molar-refractivity contribution is -0.115. The third-order valence-corrected chi connectivity index (χ3v) is 3.36. The van der Waals surface area contributed by atoms with Gasteiger partial charge in [-0.3, -0.25) is 4.79 Å². The summed E-state index contributed by atoms with van der Waals surface area (Å²) in [5, 5.41) is 13.9. The van der Waals surface area contributed by atoms with Gasteiger partial charge in [0.05, 0.1) is 12.1 Å². The van der Waals surface area contributed by atoms with Gasteiger partial charge in [0.25, 0.3) is 0 Å². The summed E-state index contributed by atoms with van der Waals surface area (Å²) >= 11 is 0. The standard InChI is InChI=1S/C16H15N5O/c1-12-5-2-3-6-13(12)9-16(22)18-14-7-4-8-15(10-14)21-11-17-19-20-21/h2-8,10-11H,9H2,1H3,(H,18,22). The Hall–Kier alpha value is -3.02. The van der Waals surface area contributed by atoms with Crippen LogP contribution in [0, 0.1) is 6.92 Å². The summed E-state index contributed by atoms with van der Waals surface area (Å²) in [5.74, 6) is -0.0526. The molecule has 0 unspecified atom stereocenters. The van der Waals surface area contributed by atoms with Gasteiger partial charge in [0.15, 0.2) is 0 Å². The zero-order chi connectivity index (χ0) is 15.4. The summed E-state index contributed by atoms with van der Waals surface area (Å²) in [6.07, 6.45) is 1.86. The van der Waals surface area contributed by atoms with Crippen molar-refractivity contribution in [1.29, 1.82) is 0 Å². The zero-order valence-electron chi connectivity index (χ0n) is 12.1. The number of benzene rings is 2.